The lowest BCUT2D eigenvalue weighted by Crippen LogP contribution is -2.54. The number of nitrogens with zero attached hydrogens (tertiary/aromatic N) is 2. The number of sulfonamides is 1. The number of benzene rings is 1. The van der Waals surface area contributed by atoms with Gasteiger partial charge in [0.15, 0.2) is 0 Å². The van der Waals surface area contributed by atoms with E-state index in [4.69, 9.17) is 4.74 Å². The lowest BCUT2D eigenvalue weighted by Gasteiger charge is -2.26. The molecule has 12 nitrogen and oxygen atoms in total. The van der Waals surface area contributed by atoms with E-state index in [1.165, 1.54) is 17.4 Å². The van der Waals surface area contributed by atoms with Gasteiger partial charge in [-0.25, -0.2) is 18.2 Å². The minimum absolute atomic E-state index is 0.0457. The highest BCUT2D eigenvalue weighted by Crippen LogP contribution is 2.46. The van der Waals surface area contributed by atoms with E-state index in [1.807, 2.05) is 30.5 Å². The van der Waals surface area contributed by atoms with E-state index in [9.17, 15) is 27.6 Å². The third-order valence-corrected chi connectivity index (χ3v) is 11.9. The van der Waals surface area contributed by atoms with Gasteiger partial charge in [-0.05, 0) is 70.4 Å². The van der Waals surface area contributed by atoms with Gasteiger partial charge in [-0.1, -0.05) is 23.8 Å². The molecule has 1 aromatic heterocycles. The number of thiazole rings is 1. The molecular formula is C34H43N5O7S2. The third-order valence-electron chi connectivity index (χ3n) is 9.30. The first-order valence-electron chi connectivity index (χ1n) is 16.2. The molecule has 14 heteroatoms. The van der Waals surface area contributed by atoms with Crippen molar-refractivity contribution < 1.29 is 32.3 Å². The molecule has 0 saturated heterocycles. The van der Waals surface area contributed by atoms with Crippen LogP contribution in [0, 0.1) is 24.7 Å². The number of aryl methyl sites for hydroxylation is 1. The maximum Gasteiger partial charge on any atom is 0.411 e. The lowest BCUT2D eigenvalue weighted by molar-refractivity contribution is -0.140. The summed E-state index contributed by atoms with van der Waals surface area (Å²) in [5.41, 5.74) is 0.756. The van der Waals surface area contributed by atoms with E-state index < -0.39 is 62.6 Å². The molecule has 5 unspecified atom stereocenters. The molecule has 0 bridgehead atoms. The van der Waals surface area contributed by atoms with Gasteiger partial charge in [-0.15, -0.1) is 24.5 Å². The zero-order chi connectivity index (χ0) is 34.6. The van der Waals surface area contributed by atoms with Crippen molar-refractivity contribution >= 4 is 50.9 Å². The van der Waals surface area contributed by atoms with E-state index >= 15 is 0 Å². The summed E-state index contributed by atoms with van der Waals surface area (Å²) in [5, 5.41) is 7.54. The number of rotatable bonds is 15. The predicted molar refractivity (Wildman–Crippen MR) is 183 cm³/mol. The van der Waals surface area contributed by atoms with Crippen LogP contribution in [0.1, 0.15) is 56.9 Å². The van der Waals surface area contributed by atoms with Gasteiger partial charge >= 0.3 is 6.09 Å². The summed E-state index contributed by atoms with van der Waals surface area (Å²) in [5.74, 6) is -3.88. The Kier molecular flexibility index (Phi) is 10.7. The van der Waals surface area contributed by atoms with Crippen LogP contribution < -0.4 is 15.4 Å². The number of hydrogen-bond donors (Lipinski definition) is 3. The molecule has 0 spiro atoms. The average molecular weight is 698 g/mol. The first-order valence-corrected chi connectivity index (χ1v) is 18.7. The molecule has 3 aliphatic rings. The zero-order valence-corrected chi connectivity index (χ0v) is 28.9. The number of nitrogens with one attached hydrogen (secondary N) is 3. The van der Waals surface area contributed by atoms with Crippen molar-refractivity contribution in [1.82, 2.24) is 19.9 Å². The van der Waals surface area contributed by atoms with Crippen LogP contribution in [0.25, 0.3) is 10.6 Å². The van der Waals surface area contributed by atoms with E-state index in [2.05, 4.69) is 33.5 Å². The van der Waals surface area contributed by atoms with E-state index in [1.54, 1.807) is 24.2 Å². The molecule has 3 N–H and O–H groups in total. The summed E-state index contributed by atoms with van der Waals surface area (Å²) in [6.07, 6.45) is 7.22. The highest BCUT2D eigenvalue weighted by Gasteiger charge is 2.62. The standard InChI is InChI=1S/C34H43N5O7S2/c1-5-7-8-9-15-39(4)31(41)26-19-23(46-33(43)36-28-13-10-21(3)17-27(28)30-35-14-16-47-30)18-25(26)29(40)37-34(20-22(34)6-2)32(42)38-48(44,45)24-11-12-24/h5-6,10,13-14,16-17,22-26H,1-2,7-9,11-12,15,18-20H2,3-4H3,(H,36,43)(H,37,40)(H,38,42). The van der Waals surface area contributed by atoms with Crippen LogP contribution in [-0.2, 0) is 29.1 Å². The smallest absolute Gasteiger partial charge is 0.411 e. The molecule has 3 aliphatic carbocycles. The summed E-state index contributed by atoms with van der Waals surface area (Å²) in [4.78, 5) is 60.1. The molecule has 2 aromatic rings. The number of unbranched alkanes of at least 4 members (excludes halogenated alkanes) is 2. The molecule has 0 radical (unpaired) electrons. The normalized spacial score (nSPS) is 24.6. The van der Waals surface area contributed by atoms with Crippen molar-refractivity contribution in [3.05, 3.63) is 60.6 Å². The Morgan fingerprint density at radius 2 is 1.90 bits per heavy atom. The van der Waals surface area contributed by atoms with Gasteiger partial charge in [0, 0.05) is 36.7 Å². The maximum absolute atomic E-state index is 13.9. The number of carbonyl (C=O) groups excluding carboxylic acids is 4. The summed E-state index contributed by atoms with van der Waals surface area (Å²) < 4.78 is 33.1. The van der Waals surface area contributed by atoms with Gasteiger partial charge in [0.05, 0.1) is 22.8 Å². The second-order valence-corrected chi connectivity index (χ2v) is 15.8. The molecule has 258 valence electrons. The van der Waals surface area contributed by atoms with Gasteiger partial charge in [0.25, 0.3) is 5.91 Å². The Bertz CT molecular complexity index is 1670. The number of aromatic nitrogens is 1. The van der Waals surface area contributed by atoms with Gasteiger partial charge in [0.1, 0.15) is 16.7 Å². The van der Waals surface area contributed by atoms with Gasteiger partial charge in [0.2, 0.25) is 21.8 Å². The van der Waals surface area contributed by atoms with Crippen LogP contribution in [0.15, 0.2) is 55.1 Å². The minimum Gasteiger partial charge on any atom is -0.446 e. The molecule has 48 heavy (non-hydrogen) atoms. The first-order chi connectivity index (χ1) is 22.9. The predicted octanol–water partition coefficient (Wildman–Crippen LogP) is 4.55. The minimum atomic E-state index is -3.85. The van der Waals surface area contributed by atoms with Gasteiger partial charge < -0.3 is 15.0 Å². The van der Waals surface area contributed by atoms with Crippen molar-refractivity contribution in [3.8, 4) is 10.6 Å². The number of anilines is 1. The number of ether oxygens (including phenoxy) is 1. The van der Waals surface area contributed by atoms with Crippen molar-refractivity contribution in [2.45, 2.75) is 75.2 Å². The summed E-state index contributed by atoms with van der Waals surface area (Å²) in [7, 11) is -2.18. The molecule has 4 amide bonds. The quantitative estimate of drug-likeness (QED) is 0.180. The first kappa shape index (κ1) is 35.3. The van der Waals surface area contributed by atoms with E-state index in [0.29, 0.717) is 25.1 Å². The lowest BCUT2D eigenvalue weighted by atomic mass is 9.93. The van der Waals surface area contributed by atoms with E-state index in [0.717, 1.165) is 35.4 Å². The summed E-state index contributed by atoms with van der Waals surface area (Å²) >= 11 is 1.43. The van der Waals surface area contributed by atoms with Gasteiger partial charge in [-0.3, -0.25) is 24.4 Å². The molecule has 3 saturated carbocycles. The fourth-order valence-corrected chi connectivity index (χ4v) is 8.33. The number of hydrogen-bond acceptors (Lipinski definition) is 9. The summed E-state index contributed by atoms with van der Waals surface area (Å²) in [6.45, 7) is 9.89. The monoisotopic (exact) mass is 697 g/mol. The van der Waals surface area contributed by atoms with Crippen molar-refractivity contribution in [1.29, 1.82) is 0 Å². The van der Waals surface area contributed by atoms with Crippen molar-refractivity contribution in [2.24, 2.45) is 17.8 Å². The van der Waals surface area contributed by atoms with Crippen molar-refractivity contribution in [3.63, 3.8) is 0 Å². The second kappa shape index (κ2) is 14.6. The fraction of sp³-hybridized carbons (Fsp3) is 0.500. The molecular weight excluding hydrogens is 655 g/mol. The average Bonchev–Trinajstić information content (AvgIpc) is 3.92. The Hall–Kier alpha value is -4.04. The van der Waals surface area contributed by atoms with Crippen LogP contribution in [0.5, 0.6) is 0 Å². The fourth-order valence-electron chi connectivity index (χ4n) is 6.30. The number of carbonyl (C=O) groups is 4. The Morgan fingerprint density at radius 3 is 2.54 bits per heavy atom. The highest BCUT2D eigenvalue weighted by molar-refractivity contribution is 7.91. The second-order valence-electron chi connectivity index (χ2n) is 12.9. The summed E-state index contributed by atoms with van der Waals surface area (Å²) in [6, 6.07) is 5.55. The van der Waals surface area contributed by atoms with Crippen molar-refractivity contribution in [2.75, 3.05) is 18.9 Å². The third kappa shape index (κ3) is 7.97. The SMILES string of the molecule is C=CCCCCN(C)C(=O)C1CC(OC(=O)Nc2ccc(C)cc2-c2nccs2)CC1C(=O)NC1(C(=O)NS(=O)(=O)C2CC2)CC1C=C. The van der Waals surface area contributed by atoms with Crippen LogP contribution in [0.4, 0.5) is 10.5 Å². The van der Waals surface area contributed by atoms with Gasteiger partial charge in [-0.2, -0.15) is 0 Å². The van der Waals surface area contributed by atoms with E-state index in [-0.39, 0.29) is 25.2 Å². The molecule has 1 aromatic carbocycles. The highest BCUT2D eigenvalue weighted by atomic mass is 32.2. The topological polar surface area (TPSA) is 164 Å². The Balaban J connectivity index is 1.31. The number of amides is 4. The Morgan fingerprint density at radius 1 is 1.15 bits per heavy atom. The maximum atomic E-state index is 13.9. The number of allylic oxidation sites excluding steroid dienone is 1. The molecule has 0 aliphatic heterocycles. The van der Waals surface area contributed by atoms with Crippen LogP contribution >= 0.6 is 11.3 Å². The largest absolute Gasteiger partial charge is 0.446 e. The van der Waals surface area contributed by atoms with Crippen LogP contribution in [-0.4, -0.2) is 72.6 Å². The molecule has 3 fully saturated rings. The molecule has 5 atom stereocenters. The molecule has 5 rings (SSSR count). The van der Waals surface area contributed by atoms with Crippen LogP contribution in [0.3, 0.4) is 0 Å². The molecule has 1 heterocycles. The zero-order valence-electron chi connectivity index (χ0n) is 27.3. The van der Waals surface area contributed by atoms with Crippen LogP contribution in [0.2, 0.25) is 0 Å². The Labute approximate surface area is 285 Å².